The number of aliphatic hydroxyl groups excluding tert-OH is 2. The third-order valence-electron chi connectivity index (χ3n) is 6.25. The van der Waals surface area contributed by atoms with Crippen LogP contribution in [0.15, 0.2) is 11.8 Å². The van der Waals surface area contributed by atoms with Gasteiger partial charge >= 0.3 is 0 Å². The molecule has 4 nitrogen and oxygen atoms in total. The normalized spacial score (nSPS) is 42.4. The highest BCUT2D eigenvalue weighted by Crippen LogP contribution is 2.60. The van der Waals surface area contributed by atoms with Gasteiger partial charge in [0.25, 0.3) is 0 Å². The molecule has 1 unspecified atom stereocenters. The van der Waals surface area contributed by atoms with Crippen LogP contribution < -0.4 is 0 Å². The molecule has 0 bridgehead atoms. The van der Waals surface area contributed by atoms with Crippen LogP contribution in [0.2, 0.25) is 0 Å². The Hall–Kier alpha value is -0.580. The second kappa shape index (κ2) is 5.25. The van der Waals surface area contributed by atoms with Crippen LogP contribution in [0.3, 0.4) is 0 Å². The average Bonchev–Trinajstić information content (AvgIpc) is 3.17. The second-order valence-electron chi connectivity index (χ2n) is 7.33. The average molecular weight is 294 g/mol. The zero-order valence-electron chi connectivity index (χ0n) is 12.5. The second-order valence-corrected chi connectivity index (χ2v) is 7.33. The lowest BCUT2D eigenvalue weighted by atomic mass is 9.69. The minimum Gasteiger partial charge on any atom is -0.512 e. The molecule has 4 atom stereocenters. The Bertz CT molecular complexity index is 421. The van der Waals surface area contributed by atoms with Crippen molar-refractivity contribution < 1.29 is 19.7 Å². The number of allylic oxidation sites excluding steroid dienone is 1. The van der Waals surface area contributed by atoms with Gasteiger partial charge in [-0.2, -0.15) is 0 Å². The Balaban J connectivity index is 1.40. The molecule has 1 heterocycles. The molecule has 21 heavy (non-hydrogen) atoms. The van der Waals surface area contributed by atoms with Crippen molar-refractivity contribution in [3.05, 3.63) is 11.8 Å². The van der Waals surface area contributed by atoms with E-state index in [1.54, 1.807) is 0 Å². The number of aliphatic hydroxyl groups is 2. The van der Waals surface area contributed by atoms with Crippen molar-refractivity contribution in [3.63, 3.8) is 0 Å². The number of ether oxygens (including phenoxy) is 2. The Morgan fingerprint density at radius 1 is 1.19 bits per heavy atom. The van der Waals surface area contributed by atoms with Crippen LogP contribution in [0.4, 0.5) is 0 Å². The first-order chi connectivity index (χ1) is 10.2. The Labute approximate surface area is 126 Å². The maximum Gasteiger partial charge on any atom is 0.172 e. The van der Waals surface area contributed by atoms with Crippen molar-refractivity contribution >= 4 is 0 Å². The molecule has 118 valence electrons. The van der Waals surface area contributed by atoms with Gasteiger partial charge in [-0.1, -0.05) is 25.7 Å². The lowest BCUT2D eigenvalue weighted by molar-refractivity contribution is -0.275. The number of hydrogen-bond donors (Lipinski definition) is 2. The first kappa shape index (κ1) is 14.0. The Morgan fingerprint density at radius 2 is 1.90 bits per heavy atom. The summed E-state index contributed by atoms with van der Waals surface area (Å²) in [5.74, 6) is 1.06. The molecule has 3 saturated carbocycles. The predicted molar refractivity (Wildman–Crippen MR) is 77.6 cm³/mol. The molecule has 1 aliphatic heterocycles. The largest absolute Gasteiger partial charge is 0.512 e. The van der Waals surface area contributed by atoms with Crippen LogP contribution in [-0.4, -0.2) is 35.3 Å². The zero-order valence-corrected chi connectivity index (χ0v) is 12.5. The summed E-state index contributed by atoms with van der Waals surface area (Å²) in [6, 6.07) is 0. The quantitative estimate of drug-likeness (QED) is 0.786. The lowest BCUT2D eigenvalue weighted by Crippen LogP contribution is -2.54. The fraction of sp³-hybridized carbons (Fsp3) is 0.882. The maximum atomic E-state index is 10.5. The molecule has 4 aliphatic rings. The van der Waals surface area contributed by atoms with E-state index in [1.165, 1.54) is 25.7 Å². The van der Waals surface area contributed by atoms with E-state index in [2.05, 4.69) is 0 Å². The van der Waals surface area contributed by atoms with E-state index in [9.17, 15) is 10.2 Å². The first-order valence-corrected chi connectivity index (χ1v) is 8.54. The SMILES string of the molecule is OC(=CCC1CCCC1)[C@H]1C[C@H]2[C@@H](CC23OCCO3)C1O. The molecular weight excluding hydrogens is 268 g/mol. The number of hydrogen-bond acceptors (Lipinski definition) is 4. The molecule has 4 heteroatoms. The van der Waals surface area contributed by atoms with E-state index in [0.29, 0.717) is 19.0 Å². The van der Waals surface area contributed by atoms with Gasteiger partial charge in [0.2, 0.25) is 0 Å². The molecular formula is C17H26O4. The van der Waals surface area contributed by atoms with Gasteiger partial charge in [-0.3, -0.25) is 0 Å². The van der Waals surface area contributed by atoms with Gasteiger partial charge in [0.15, 0.2) is 5.79 Å². The lowest BCUT2D eigenvalue weighted by Gasteiger charge is -2.48. The molecule has 0 aromatic heterocycles. The third-order valence-corrected chi connectivity index (χ3v) is 6.25. The summed E-state index contributed by atoms with van der Waals surface area (Å²) in [6.07, 6.45) is 9.29. The summed E-state index contributed by atoms with van der Waals surface area (Å²) in [4.78, 5) is 0. The number of fused-ring (bicyclic) bond motifs is 2. The summed E-state index contributed by atoms with van der Waals surface area (Å²) < 4.78 is 11.5. The van der Waals surface area contributed by atoms with Crippen LogP contribution >= 0.6 is 0 Å². The van der Waals surface area contributed by atoms with Crippen molar-refractivity contribution in [1.82, 2.24) is 0 Å². The molecule has 0 aromatic carbocycles. The molecule has 4 rings (SSSR count). The number of rotatable bonds is 3. The van der Waals surface area contributed by atoms with Crippen LogP contribution in [0, 0.1) is 23.7 Å². The van der Waals surface area contributed by atoms with Gasteiger partial charge in [0.1, 0.15) is 0 Å². The van der Waals surface area contributed by atoms with Crippen LogP contribution in [0.1, 0.15) is 44.9 Å². The van der Waals surface area contributed by atoms with E-state index < -0.39 is 11.9 Å². The summed E-state index contributed by atoms with van der Waals surface area (Å²) in [5, 5.41) is 20.9. The van der Waals surface area contributed by atoms with Gasteiger partial charge in [-0.15, -0.1) is 0 Å². The summed E-state index contributed by atoms with van der Waals surface area (Å²) in [6.45, 7) is 1.32. The van der Waals surface area contributed by atoms with E-state index in [0.717, 1.165) is 25.2 Å². The maximum absolute atomic E-state index is 10.5. The van der Waals surface area contributed by atoms with Crippen molar-refractivity contribution in [1.29, 1.82) is 0 Å². The molecule has 0 aromatic rings. The van der Waals surface area contributed by atoms with Gasteiger partial charge < -0.3 is 19.7 Å². The monoisotopic (exact) mass is 294 g/mol. The molecule has 1 saturated heterocycles. The highest BCUT2D eigenvalue weighted by Gasteiger charge is 2.65. The highest BCUT2D eigenvalue weighted by molar-refractivity contribution is 5.15. The van der Waals surface area contributed by atoms with E-state index in [-0.39, 0.29) is 17.8 Å². The minimum absolute atomic E-state index is 0.117. The zero-order chi connectivity index (χ0) is 14.4. The van der Waals surface area contributed by atoms with Gasteiger partial charge in [0.05, 0.1) is 25.1 Å². The molecule has 3 aliphatic carbocycles. The standard InChI is InChI=1S/C17H26O4/c18-15(6-5-11-3-1-2-4-11)12-9-14-13(16(12)19)10-17(14)20-7-8-21-17/h6,11-14,16,18-19H,1-5,7-10H2/t12-,13-,14+,16?/m1/s1. The smallest absolute Gasteiger partial charge is 0.172 e. The summed E-state index contributed by atoms with van der Waals surface area (Å²) >= 11 is 0. The van der Waals surface area contributed by atoms with Gasteiger partial charge in [0, 0.05) is 18.3 Å². The van der Waals surface area contributed by atoms with Crippen LogP contribution in [0.5, 0.6) is 0 Å². The predicted octanol–water partition coefficient (Wildman–Crippen LogP) is 2.77. The van der Waals surface area contributed by atoms with Crippen LogP contribution in [0.25, 0.3) is 0 Å². The van der Waals surface area contributed by atoms with Crippen LogP contribution in [-0.2, 0) is 9.47 Å². The van der Waals surface area contributed by atoms with Gasteiger partial charge in [-0.25, -0.2) is 0 Å². The Morgan fingerprint density at radius 3 is 2.62 bits per heavy atom. The molecule has 4 fully saturated rings. The van der Waals surface area contributed by atoms with Gasteiger partial charge in [-0.05, 0) is 30.8 Å². The first-order valence-electron chi connectivity index (χ1n) is 8.54. The highest BCUT2D eigenvalue weighted by atomic mass is 16.7. The summed E-state index contributed by atoms with van der Waals surface area (Å²) in [5.41, 5.74) is 0. The van der Waals surface area contributed by atoms with E-state index >= 15 is 0 Å². The topological polar surface area (TPSA) is 58.9 Å². The molecule has 0 radical (unpaired) electrons. The fourth-order valence-electron chi connectivity index (χ4n) is 5.00. The molecule has 0 amide bonds. The molecule has 2 N–H and O–H groups in total. The fourth-order valence-corrected chi connectivity index (χ4v) is 5.00. The van der Waals surface area contributed by atoms with E-state index in [4.69, 9.17) is 9.47 Å². The van der Waals surface area contributed by atoms with E-state index in [1.807, 2.05) is 6.08 Å². The minimum atomic E-state index is -0.438. The van der Waals surface area contributed by atoms with Crippen molar-refractivity contribution in [3.8, 4) is 0 Å². The van der Waals surface area contributed by atoms with Crippen molar-refractivity contribution in [2.45, 2.75) is 56.8 Å². The molecule has 1 spiro atoms. The Kier molecular flexibility index (Phi) is 3.51. The van der Waals surface area contributed by atoms with Crippen molar-refractivity contribution in [2.24, 2.45) is 23.7 Å². The third kappa shape index (κ3) is 2.23. The summed E-state index contributed by atoms with van der Waals surface area (Å²) in [7, 11) is 0. The van der Waals surface area contributed by atoms with Crippen molar-refractivity contribution in [2.75, 3.05) is 13.2 Å².